The highest BCUT2D eigenvalue weighted by molar-refractivity contribution is 5.98. The average molecular weight is 824 g/mol. The number of fused-ring (bicyclic) bond motifs is 1. The second-order valence-electron chi connectivity index (χ2n) is 18.6. The number of rotatable bonds is 10. The summed E-state index contributed by atoms with van der Waals surface area (Å²) >= 11 is 0. The van der Waals surface area contributed by atoms with Crippen LogP contribution in [0, 0.1) is 29.1 Å². The maximum Gasteiger partial charge on any atom is 0.243 e. The van der Waals surface area contributed by atoms with Gasteiger partial charge in [-0.25, -0.2) is 0 Å². The van der Waals surface area contributed by atoms with E-state index in [1.807, 2.05) is 50.3 Å². The summed E-state index contributed by atoms with van der Waals surface area (Å²) in [6, 6.07) is 4.77. The van der Waals surface area contributed by atoms with Crippen LogP contribution in [0.1, 0.15) is 140 Å². The fourth-order valence-corrected chi connectivity index (χ4v) is 11.0. The van der Waals surface area contributed by atoms with E-state index < -0.39 is 41.0 Å². The first-order chi connectivity index (χ1) is 28.6. The normalized spacial score (nSPS) is 34.7. The molecule has 326 valence electrons. The van der Waals surface area contributed by atoms with Gasteiger partial charge in [0.05, 0.1) is 30.0 Å². The van der Waals surface area contributed by atoms with Crippen molar-refractivity contribution in [2.45, 2.75) is 153 Å². The monoisotopic (exact) mass is 824 g/mol. The van der Waals surface area contributed by atoms with Gasteiger partial charge in [-0.15, -0.1) is 0 Å². The van der Waals surface area contributed by atoms with Crippen LogP contribution in [0.2, 0.25) is 0 Å². The number of allylic oxidation sites excluding steroid dienone is 8. The first kappa shape index (κ1) is 45.9. The Balaban J connectivity index is 1.36. The van der Waals surface area contributed by atoms with Gasteiger partial charge in [0.2, 0.25) is 5.91 Å². The third-order valence-electron chi connectivity index (χ3n) is 14.4. The molecule has 10 heteroatoms. The van der Waals surface area contributed by atoms with Gasteiger partial charge in [-0.05, 0) is 126 Å². The lowest BCUT2D eigenvalue weighted by molar-refractivity contribution is -0.169. The van der Waals surface area contributed by atoms with Crippen molar-refractivity contribution in [2.75, 3.05) is 19.8 Å². The number of aliphatic hydroxyl groups is 4. The Morgan fingerprint density at radius 2 is 1.92 bits per heavy atom. The number of hydrogen-bond donors (Lipinski definition) is 7. The van der Waals surface area contributed by atoms with Crippen molar-refractivity contribution in [1.82, 2.24) is 10.6 Å². The summed E-state index contributed by atoms with van der Waals surface area (Å²) in [5.41, 5.74) is 10.0. The van der Waals surface area contributed by atoms with Gasteiger partial charge in [-0.2, -0.15) is 0 Å². The van der Waals surface area contributed by atoms with Crippen molar-refractivity contribution in [3.8, 4) is 11.8 Å². The van der Waals surface area contributed by atoms with Crippen LogP contribution in [0.25, 0.3) is 0 Å². The highest BCUT2D eigenvalue weighted by Gasteiger charge is 2.64. The minimum Gasteiger partial charge on any atom is -0.392 e. The molecule has 8 atom stereocenters. The Kier molecular flexibility index (Phi) is 15.0. The molecule has 5 aliphatic rings. The van der Waals surface area contributed by atoms with Crippen LogP contribution < -0.4 is 16.4 Å². The predicted molar refractivity (Wildman–Crippen MR) is 235 cm³/mol. The van der Waals surface area contributed by atoms with E-state index in [4.69, 9.17) is 10.5 Å². The molecule has 60 heavy (non-hydrogen) atoms. The summed E-state index contributed by atoms with van der Waals surface area (Å²) < 4.78 is 6.13. The number of aliphatic hydroxyl groups excluding tert-OH is 2. The van der Waals surface area contributed by atoms with Gasteiger partial charge in [-0.3, -0.25) is 14.9 Å². The summed E-state index contributed by atoms with van der Waals surface area (Å²) in [5.74, 6) is 5.24. The van der Waals surface area contributed by atoms with Crippen LogP contribution in [-0.4, -0.2) is 75.3 Å². The molecule has 0 aromatic heterocycles. The molecule has 0 unspecified atom stereocenters. The molecule has 3 aliphatic carbocycles. The quantitative estimate of drug-likeness (QED) is 0.0800. The van der Waals surface area contributed by atoms with Crippen molar-refractivity contribution in [3.63, 3.8) is 0 Å². The maximum atomic E-state index is 14.7. The lowest BCUT2D eigenvalue weighted by Crippen LogP contribution is -2.59. The van der Waals surface area contributed by atoms with E-state index in [-0.39, 0.29) is 49.7 Å². The first-order valence-electron chi connectivity index (χ1n) is 22.3. The van der Waals surface area contributed by atoms with Gasteiger partial charge in [-0.1, -0.05) is 90.5 Å². The van der Waals surface area contributed by atoms with Crippen molar-refractivity contribution < 1.29 is 34.8 Å². The van der Waals surface area contributed by atoms with Crippen LogP contribution in [-0.2, 0) is 20.7 Å². The Morgan fingerprint density at radius 3 is 2.67 bits per heavy atom. The molecule has 0 bridgehead atoms. The Hall–Kier alpha value is -3.66. The zero-order valence-electron chi connectivity index (χ0n) is 36.3. The van der Waals surface area contributed by atoms with Gasteiger partial charge < -0.3 is 36.2 Å². The number of ketones is 1. The average Bonchev–Trinajstić information content (AvgIpc) is 3.79. The van der Waals surface area contributed by atoms with Crippen molar-refractivity contribution in [1.29, 1.82) is 0 Å². The van der Waals surface area contributed by atoms with Crippen LogP contribution >= 0.6 is 0 Å². The molecule has 1 aromatic rings. The minimum atomic E-state index is -1.26. The van der Waals surface area contributed by atoms with Crippen molar-refractivity contribution >= 4 is 11.7 Å². The molecule has 1 amide bonds. The minimum absolute atomic E-state index is 0.0248. The molecule has 3 saturated carbocycles. The summed E-state index contributed by atoms with van der Waals surface area (Å²) in [4.78, 5) is 27.9. The van der Waals surface area contributed by atoms with Crippen LogP contribution in [0.4, 0.5) is 0 Å². The van der Waals surface area contributed by atoms with E-state index in [2.05, 4.69) is 42.1 Å². The maximum absolute atomic E-state index is 14.7. The van der Waals surface area contributed by atoms with Crippen LogP contribution in [0.5, 0.6) is 0 Å². The highest BCUT2D eigenvalue weighted by atomic mass is 16.5. The Morgan fingerprint density at radius 1 is 1.15 bits per heavy atom. The topological polar surface area (TPSA) is 174 Å². The number of benzene rings is 1. The highest BCUT2D eigenvalue weighted by Crippen LogP contribution is 2.63. The number of hydrogen-bond acceptors (Lipinski definition) is 9. The molecule has 0 saturated heterocycles. The zero-order valence-corrected chi connectivity index (χ0v) is 36.3. The SMILES string of the molecule is C=C1/C=C/C=C(\[C@H]2CC[C@@]3([C@H](CCC4(O)CCCC4)/C(=C(\C)C(=O)Cc4cccc5c4[C@H](NC[C@H](C)O)C(=O)N[C@@H]5N)CC[C@@]3(C)O)[C@@H]2O)COCC#CC/C(C)=C/CC1. The van der Waals surface area contributed by atoms with Gasteiger partial charge in [0.1, 0.15) is 18.8 Å². The molecule has 3 fully saturated rings. The lowest BCUT2D eigenvalue weighted by atomic mass is 9.52. The van der Waals surface area contributed by atoms with Gasteiger partial charge in [0.15, 0.2) is 5.78 Å². The fourth-order valence-electron chi connectivity index (χ4n) is 11.0. The summed E-state index contributed by atoms with van der Waals surface area (Å²) in [7, 11) is 0. The second kappa shape index (κ2) is 19.6. The molecular weight excluding hydrogens is 755 g/mol. The molecule has 0 radical (unpaired) electrons. The lowest BCUT2D eigenvalue weighted by Gasteiger charge is -2.56. The van der Waals surface area contributed by atoms with Gasteiger partial charge in [0.25, 0.3) is 0 Å². The molecule has 1 spiro atoms. The zero-order chi connectivity index (χ0) is 43.2. The largest absolute Gasteiger partial charge is 0.392 e. The number of carbonyl (C=O) groups excluding carboxylic acids is 2. The predicted octanol–water partition coefficient (Wildman–Crippen LogP) is 6.41. The Bertz CT molecular complexity index is 1960. The summed E-state index contributed by atoms with van der Waals surface area (Å²) in [5, 5.41) is 53.2. The molecule has 10 nitrogen and oxygen atoms in total. The Labute approximate surface area is 357 Å². The van der Waals surface area contributed by atoms with Crippen LogP contribution in [0.15, 0.2) is 76.9 Å². The number of Topliss-reactive ketones (excluding diaryl/α,β-unsaturated/α-hetero) is 1. The van der Waals surface area contributed by atoms with E-state index in [1.165, 1.54) is 5.57 Å². The summed E-state index contributed by atoms with van der Waals surface area (Å²) in [6.07, 6.45) is 14.7. The fraction of sp³-hybridized carbons (Fsp3) is 0.600. The van der Waals surface area contributed by atoms with E-state index in [9.17, 15) is 30.0 Å². The smallest absolute Gasteiger partial charge is 0.243 e. The van der Waals surface area contributed by atoms with Crippen LogP contribution in [0.3, 0.4) is 0 Å². The molecule has 2 heterocycles. The number of carbonyl (C=O) groups is 2. The third kappa shape index (κ3) is 10.0. The van der Waals surface area contributed by atoms with E-state index in [1.54, 1.807) is 6.92 Å². The van der Waals surface area contributed by atoms with E-state index in [0.29, 0.717) is 80.1 Å². The molecule has 8 N–H and O–H groups in total. The third-order valence-corrected chi connectivity index (χ3v) is 14.4. The van der Waals surface area contributed by atoms with E-state index >= 15 is 0 Å². The number of nitrogens with one attached hydrogen (secondary N) is 2. The first-order valence-corrected chi connectivity index (χ1v) is 22.3. The molecule has 6 rings (SSSR count). The number of nitrogens with two attached hydrogens (primary N) is 1. The van der Waals surface area contributed by atoms with Crippen molar-refractivity contribution in [2.24, 2.45) is 23.0 Å². The molecule has 2 aliphatic heterocycles. The van der Waals surface area contributed by atoms with E-state index in [0.717, 1.165) is 42.4 Å². The van der Waals surface area contributed by atoms with Crippen molar-refractivity contribution in [3.05, 3.63) is 93.6 Å². The summed E-state index contributed by atoms with van der Waals surface area (Å²) in [6.45, 7) is 12.4. The standard InChI is InChI=1S/C50H69N3O7/c1-32-13-6-9-28-60-31-37(18-11-16-33(2)15-10-14-32)39-21-27-50(45(39)56)41(22-26-49(59)23-7-8-24-49)38(20-25-48(50,5)58)35(4)42(55)29-36-17-12-19-40-43(36)44(52-30-34(3)54)47(57)53-46(40)51/h11-12,14,16-19,34,39,41,44-46,52,54,56,58-59H,2,7-8,10,13,15,20-31,51H2,1,3-5H3,(H,53,57)/b16-11+,32-14+,37-18-,38-35+/t34-,39+,41+,44-,45+,46-,48+,50+/m0/s1. The van der Waals surface area contributed by atoms with Gasteiger partial charge in [0, 0.05) is 30.7 Å². The second-order valence-corrected chi connectivity index (χ2v) is 18.6. The molecular formula is C50H69N3O7. The molecule has 1 aromatic carbocycles. The number of amides is 1. The number of ether oxygens (including phenoxy) is 1. The van der Waals surface area contributed by atoms with Gasteiger partial charge >= 0.3 is 0 Å².